The molecule has 11 heteroatoms. The van der Waals surface area contributed by atoms with Crippen molar-refractivity contribution in [3.05, 3.63) is 52.7 Å². The maximum atomic E-state index is 13.2. The highest BCUT2D eigenvalue weighted by Crippen LogP contribution is 2.42. The summed E-state index contributed by atoms with van der Waals surface area (Å²) in [4.78, 5) is 29.9. The zero-order valence-electron chi connectivity index (χ0n) is 17.2. The van der Waals surface area contributed by atoms with Gasteiger partial charge in [-0.25, -0.2) is 0 Å². The quantitative estimate of drug-likeness (QED) is 0.443. The minimum Gasteiger partial charge on any atom is -0.508 e. The van der Waals surface area contributed by atoms with Gasteiger partial charge in [0, 0.05) is 13.1 Å². The molecular weight excluding hydrogens is 452 g/mol. The molecule has 2 amide bonds. The summed E-state index contributed by atoms with van der Waals surface area (Å²) in [7, 11) is 0. The van der Waals surface area contributed by atoms with Gasteiger partial charge in [0.25, 0.3) is 11.8 Å². The number of aliphatic hydroxyl groups is 2. The smallest absolute Gasteiger partial charge is 0.255 e. The molecule has 9 nitrogen and oxygen atoms in total. The largest absolute Gasteiger partial charge is 0.508 e. The van der Waals surface area contributed by atoms with Gasteiger partial charge in [0.15, 0.2) is 22.8 Å². The van der Waals surface area contributed by atoms with Gasteiger partial charge < -0.3 is 35.8 Å². The van der Waals surface area contributed by atoms with Crippen molar-refractivity contribution < 1.29 is 24.9 Å². The minimum atomic E-state index is -1.02. The monoisotopic (exact) mass is 476 g/mol. The third-order valence-electron chi connectivity index (χ3n) is 6.03. The molecule has 3 atom stereocenters. The average molecular weight is 477 g/mol. The van der Waals surface area contributed by atoms with Crippen LogP contribution < -0.4 is 10.6 Å². The molecule has 32 heavy (non-hydrogen) atoms. The van der Waals surface area contributed by atoms with Crippen LogP contribution in [0.5, 0.6) is 5.75 Å². The molecule has 1 aromatic carbocycles. The van der Waals surface area contributed by atoms with E-state index in [1.807, 2.05) is 0 Å². The molecule has 5 N–H and O–H groups in total. The third kappa shape index (κ3) is 3.53. The van der Waals surface area contributed by atoms with Crippen LogP contribution in [0.4, 0.5) is 0 Å². The summed E-state index contributed by atoms with van der Waals surface area (Å²) in [5, 5.41) is 38.0. The van der Waals surface area contributed by atoms with Crippen molar-refractivity contribution in [1.82, 2.24) is 20.4 Å². The van der Waals surface area contributed by atoms with Crippen LogP contribution in [0.2, 0.25) is 0 Å². The van der Waals surface area contributed by atoms with Crippen LogP contribution in [0.3, 0.4) is 0 Å². The van der Waals surface area contributed by atoms with Gasteiger partial charge in [-0.05, 0) is 42.0 Å². The van der Waals surface area contributed by atoms with Gasteiger partial charge in [0.2, 0.25) is 0 Å². The summed E-state index contributed by atoms with van der Waals surface area (Å²) in [5.74, 6) is -0.596. The number of benzene rings is 1. The number of carbonyl (C=O) groups excluding carboxylic acids is 2. The third-order valence-corrected chi connectivity index (χ3v) is 8.46. The molecule has 0 saturated carbocycles. The van der Waals surface area contributed by atoms with Crippen molar-refractivity contribution in [2.45, 2.75) is 29.8 Å². The Kier molecular flexibility index (Phi) is 5.54. The fourth-order valence-electron chi connectivity index (χ4n) is 4.50. The van der Waals surface area contributed by atoms with Crippen LogP contribution in [0.15, 0.2) is 47.2 Å². The maximum absolute atomic E-state index is 13.2. The van der Waals surface area contributed by atoms with Crippen LogP contribution in [-0.4, -0.2) is 72.5 Å². The molecule has 1 unspecified atom stereocenters. The van der Waals surface area contributed by atoms with E-state index in [1.54, 1.807) is 21.9 Å². The number of thioether (sulfide) groups is 2. The number of rotatable bonds is 3. The normalized spacial score (nSPS) is 26.9. The molecule has 1 aromatic rings. The molecule has 5 rings (SSSR count). The first-order valence-corrected chi connectivity index (χ1v) is 12.6. The number of aliphatic hydroxyl groups excluding tert-OH is 2. The lowest BCUT2D eigenvalue weighted by Gasteiger charge is -2.44. The van der Waals surface area contributed by atoms with Gasteiger partial charge >= 0.3 is 0 Å². The van der Waals surface area contributed by atoms with Crippen LogP contribution in [-0.2, 0) is 9.59 Å². The highest BCUT2D eigenvalue weighted by molar-refractivity contribution is 8.00. The molecule has 0 aliphatic carbocycles. The number of amides is 2. The van der Waals surface area contributed by atoms with Gasteiger partial charge in [-0.3, -0.25) is 9.59 Å². The number of hydrogen-bond donors (Lipinski definition) is 5. The summed E-state index contributed by atoms with van der Waals surface area (Å²) >= 11 is 3.07. The molecule has 4 aliphatic rings. The van der Waals surface area contributed by atoms with Crippen molar-refractivity contribution in [1.29, 1.82) is 0 Å². The van der Waals surface area contributed by atoms with Crippen molar-refractivity contribution in [3.63, 3.8) is 0 Å². The first-order chi connectivity index (χ1) is 15.5. The lowest BCUT2D eigenvalue weighted by Crippen LogP contribution is -2.56. The Bertz CT molecular complexity index is 954. The second-order valence-corrected chi connectivity index (χ2v) is 10.4. The van der Waals surface area contributed by atoms with Crippen molar-refractivity contribution >= 4 is 35.3 Å². The van der Waals surface area contributed by atoms with Crippen LogP contribution in [0.1, 0.15) is 24.3 Å². The second kappa shape index (κ2) is 8.36. The maximum Gasteiger partial charge on any atom is 0.255 e. The predicted octanol–water partition coefficient (Wildman–Crippen LogP) is 1.72. The molecule has 2 fully saturated rings. The molecule has 0 bridgehead atoms. The zero-order valence-corrected chi connectivity index (χ0v) is 18.8. The van der Waals surface area contributed by atoms with E-state index in [-0.39, 0.29) is 39.7 Å². The van der Waals surface area contributed by atoms with Gasteiger partial charge in [0.1, 0.15) is 5.75 Å². The van der Waals surface area contributed by atoms with Crippen molar-refractivity contribution in [2.75, 3.05) is 24.6 Å². The Morgan fingerprint density at radius 1 is 0.812 bits per heavy atom. The Morgan fingerprint density at radius 2 is 1.28 bits per heavy atom. The van der Waals surface area contributed by atoms with Crippen LogP contribution in [0, 0.1) is 0 Å². The minimum absolute atomic E-state index is 0.00857. The van der Waals surface area contributed by atoms with E-state index in [1.165, 1.54) is 35.7 Å². The first kappa shape index (κ1) is 21.2. The SMILES string of the molecule is O=C1N[C@@H]2SCCCN2C(O)=C1C(C1=C(O)N2CCCS[C@@H]2NC1=O)c1ccc(O)cc1. The molecule has 0 aromatic heterocycles. The number of nitrogens with zero attached hydrogens (tertiary/aromatic N) is 2. The summed E-state index contributed by atoms with van der Waals surface area (Å²) in [6, 6.07) is 6.10. The van der Waals surface area contributed by atoms with E-state index >= 15 is 0 Å². The predicted molar refractivity (Wildman–Crippen MR) is 122 cm³/mol. The second-order valence-electron chi connectivity index (χ2n) is 7.99. The Morgan fingerprint density at radius 3 is 1.75 bits per heavy atom. The Labute approximate surface area is 193 Å². The van der Waals surface area contributed by atoms with E-state index in [2.05, 4.69) is 10.6 Å². The number of nitrogens with one attached hydrogen (secondary N) is 2. The molecule has 4 heterocycles. The van der Waals surface area contributed by atoms with Gasteiger partial charge in [0.05, 0.1) is 17.1 Å². The molecule has 170 valence electrons. The van der Waals surface area contributed by atoms with Gasteiger partial charge in [-0.1, -0.05) is 12.1 Å². The summed E-state index contributed by atoms with van der Waals surface area (Å²) in [5.41, 5.74) is -0.219. The fourth-order valence-corrected chi connectivity index (χ4v) is 6.69. The lowest BCUT2D eigenvalue weighted by atomic mass is 9.82. The first-order valence-electron chi connectivity index (χ1n) is 10.5. The number of carbonyl (C=O) groups is 2. The van der Waals surface area contributed by atoms with Gasteiger partial charge in [-0.2, -0.15) is 0 Å². The number of hydrogen-bond acceptors (Lipinski definition) is 9. The van der Waals surface area contributed by atoms with Crippen molar-refractivity contribution in [3.8, 4) is 5.75 Å². The Hall–Kier alpha value is -2.66. The van der Waals surface area contributed by atoms with E-state index in [4.69, 9.17) is 0 Å². The van der Waals surface area contributed by atoms with E-state index in [0.29, 0.717) is 18.7 Å². The summed E-state index contributed by atoms with van der Waals surface area (Å²) in [6.45, 7) is 1.13. The van der Waals surface area contributed by atoms with E-state index in [0.717, 1.165) is 24.3 Å². The molecule has 2 saturated heterocycles. The Balaban J connectivity index is 1.67. The lowest BCUT2D eigenvalue weighted by molar-refractivity contribution is -0.121. The van der Waals surface area contributed by atoms with E-state index < -0.39 is 17.7 Å². The molecule has 4 aliphatic heterocycles. The number of fused-ring (bicyclic) bond motifs is 2. The number of phenols is 1. The highest BCUT2D eigenvalue weighted by atomic mass is 32.2. The fraction of sp³-hybridized carbons (Fsp3) is 0.429. The average Bonchev–Trinajstić information content (AvgIpc) is 2.78. The van der Waals surface area contributed by atoms with Crippen LogP contribution >= 0.6 is 23.5 Å². The number of aromatic hydroxyl groups is 1. The summed E-state index contributed by atoms with van der Waals surface area (Å²) in [6.07, 6.45) is 1.69. The zero-order chi connectivity index (χ0) is 22.4. The molecular formula is C21H24N4O5S2. The van der Waals surface area contributed by atoms with Gasteiger partial charge in [-0.15, -0.1) is 23.5 Å². The number of phenolic OH excluding ortho intramolecular Hbond substituents is 1. The molecule has 0 spiro atoms. The molecule has 0 radical (unpaired) electrons. The highest BCUT2D eigenvalue weighted by Gasteiger charge is 2.45. The van der Waals surface area contributed by atoms with Crippen molar-refractivity contribution in [2.24, 2.45) is 0 Å². The topological polar surface area (TPSA) is 125 Å². The van der Waals surface area contributed by atoms with Crippen LogP contribution in [0.25, 0.3) is 0 Å². The summed E-state index contributed by atoms with van der Waals surface area (Å²) < 4.78 is 0. The standard InChI is InChI=1S/C21H24N4O5S2/c26-12-5-3-11(4-6-12)13(14-16(27)22-20-24(18(14)29)7-1-9-31-20)15-17(28)23-21-25(19(15)30)8-2-10-32-21/h3-6,13,20-21,26,29-30H,1-2,7-10H2,(H,22,27)(H,23,28)/t13?,20-,21+. The van der Waals surface area contributed by atoms with E-state index in [9.17, 15) is 24.9 Å².